The van der Waals surface area contributed by atoms with Crippen LogP contribution in [-0.4, -0.2) is 47.8 Å². The number of anilines is 1. The molecule has 0 amide bonds. The van der Waals surface area contributed by atoms with Gasteiger partial charge in [0.15, 0.2) is 0 Å². The highest BCUT2D eigenvalue weighted by Gasteiger charge is 2.19. The van der Waals surface area contributed by atoms with Gasteiger partial charge in [0.05, 0.1) is 0 Å². The summed E-state index contributed by atoms with van der Waals surface area (Å²) >= 11 is 1.74. The largest absolute Gasteiger partial charge is 0.344 e. The fourth-order valence-electron chi connectivity index (χ4n) is 2.07. The number of piperazine rings is 1. The summed E-state index contributed by atoms with van der Waals surface area (Å²) in [5.41, 5.74) is 0. The van der Waals surface area contributed by atoms with Gasteiger partial charge in [0.1, 0.15) is 5.01 Å². The molecule has 0 saturated carbocycles. The second-order valence-electron chi connectivity index (χ2n) is 4.51. The fourth-order valence-corrected chi connectivity index (χ4v) is 3.06. The third-order valence-electron chi connectivity index (χ3n) is 3.14. The monoisotopic (exact) mass is 264 g/mol. The van der Waals surface area contributed by atoms with Crippen LogP contribution in [-0.2, 0) is 6.42 Å². The fraction of sp³-hybridized carbons (Fsp3) is 0.692. The normalized spacial score (nSPS) is 16.8. The molecule has 0 unspecified atom stereocenters. The van der Waals surface area contributed by atoms with Crippen molar-refractivity contribution in [1.82, 2.24) is 15.1 Å². The van der Waals surface area contributed by atoms with Crippen molar-refractivity contribution in [3.8, 4) is 12.3 Å². The van der Waals surface area contributed by atoms with Gasteiger partial charge in [-0.2, -0.15) is 0 Å². The highest BCUT2D eigenvalue weighted by Crippen LogP contribution is 2.22. The molecule has 1 aromatic heterocycles. The van der Waals surface area contributed by atoms with E-state index in [1.807, 2.05) is 0 Å². The van der Waals surface area contributed by atoms with E-state index in [1.165, 1.54) is 0 Å². The van der Waals surface area contributed by atoms with Crippen LogP contribution >= 0.6 is 11.3 Å². The van der Waals surface area contributed by atoms with Crippen molar-refractivity contribution in [3.05, 3.63) is 5.01 Å². The summed E-state index contributed by atoms with van der Waals surface area (Å²) in [6, 6.07) is 0. The molecule has 98 valence electrons. The minimum Gasteiger partial charge on any atom is -0.344 e. The molecule has 5 heteroatoms. The van der Waals surface area contributed by atoms with Crippen molar-refractivity contribution in [2.24, 2.45) is 0 Å². The molecule has 1 fully saturated rings. The van der Waals surface area contributed by atoms with E-state index in [0.717, 1.165) is 62.1 Å². The van der Waals surface area contributed by atoms with Gasteiger partial charge in [0, 0.05) is 45.6 Å². The average molecular weight is 264 g/mol. The molecule has 0 bridgehead atoms. The Labute approximate surface area is 113 Å². The maximum Gasteiger partial charge on any atom is 0.208 e. The first kappa shape index (κ1) is 13.3. The van der Waals surface area contributed by atoms with Crippen LogP contribution < -0.4 is 4.90 Å². The van der Waals surface area contributed by atoms with Crippen LogP contribution in [0.15, 0.2) is 0 Å². The lowest BCUT2D eigenvalue weighted by atomic mass is 10.3. The highest BCUT2D eigenvalue weighted by molar-refractivity contribution is 7.15. The van der Waals surface area contributed by atoms with Gasteiger partial charge in [0.2, 0.25) is 5.13 Å². The van der Waals surface area contributed by atoms with E-state index in [2.05, 4.69) is 32.8 Å². The molecule has 4 nitrogen and oxygen atoms in total. The second kappa shape index (κ2) is 6.72. The lowest BCUT2D eigenvalue weighted by Crippen LogP contribution is -2.46. The number of aromatic nitrogens is 2. The second-order valence-corrected chi connectivity index (χ2v) is 5.55. The van der Waals surface area contributed by atoms with Crippen molar-refractivity contribution in [2.45, 2.75) is 26.2 Å². The van der Waals surface area contributed by atoms with E-state index < -0.39 is 0 Å². The first-order valence-corrected chi connectivity index (χ1v) is 7.38. The Morgan fingerprint density at radius 3 is 2.72 bits per heavy atom. The van der Waals surface area contributed by atoms with Gasteiger partial charge < -0.3 is 4.90 Å². The van der Waals surface area contributed by atoms with Crippen molar-refractivity contribution >= 4 is 16.5 Å². The Morgan fingerprint density at radius 1 is 1.28 bits per heavy atom. The van der Waals surface area contributed by atoms with Crippen LogP contribution in [0.2, 0.25) is 0 Å². The van der Waals surface area contributed by atoms with Gasteiger partial charge in [-0.1, -0.05) is 18.3 Å². The molecule has 0 spiro atoms. The Morgan fingerprint density at radius 2 is 2.06 bits per heavy atom. The summed E-state index contributed by atoms with van der Waals surface area (Å²) in [5.74, 6) is 2.70. The molecular formula is C13H20N4S. The van der Waals surface area contributed by atoms with E-state index in [9.17, 15) is 0 Å². The summed E-state index contributed by atoms with van der Waals surface area (Å²) in [7, 11) is 0. The number of hydrogen-bond donors (Lipinski definition) is 0. The molecular weight excluding hydrogens is 244 g/mol. The van der Waals surface area contributed by atoms with Gasteiger partial charge in [-0.05, 0) is 6.42 Å². The standard InChI is InChI=1S/C13H20N4S/c1-3-5-7-16-8-10-17(11-9-16)13-15-14-12(18-13)6-4-2/h1H,4-11H2,2H3. The van der Waals surface area contributed by atoms with Gasteiger partial charge in [0.25, 0.3) is 0 Å². The third kappa shape index (κ3) is 3.44. The summed E-state index contributed by atoms with van der Waals surface area (Å²) in [6.45, 7) is 7.40. The maximum atomic E-state index is 5.29. The highest BCUT2D eigenvalue weighted by atomic mass is 32.1. The number of hydrogen-bond acceptors (Lipinski definition) is 5. The predicted molar refractivity (Wildman–Crippen MR) is 76.0 cm³/mol. The van der Waals surface area contributed by atoms with Gasteiger partial charge >= 0.3 is 0 Å². The molecule has 1 aliphatic rings. The summed E-state index contributed by atoms with van der Waals surface area (Å²) in [6.07, 6.45) is 8.31. The topological polar surface area (TPSA) is 32.3 Å². The average Bonchev–Trinajstić information content (AvgIpc) is 2.86. The molecule has 0 aromatic carbocycles. The van der Waals surface area contributed by atoms with Crippen molar-refractivity contribution in [3.63, 3.8) is 0 Å². The maximum absolute atomic E-state index is 5.29. The molecule has 1 aromatic rings. The first-order chi connectivity index (χ1) is 8.83. The Hall–Kier alpha value is -1.12. The van der Waals surface area contributed by atoms with Crippen LogP contribution in [0.25, 0.3) is 0 Å². The Balaban J connectivity index is 1.83. The molecule has 2 rings (SSSR count). The first-order valence-electron chi connectivity index (χ1n) is 6.56. The zero-order valence-electron chi connectivity index (χ0n) is 10.9. The Bertz CT molecular complexity index is 401. The van der Waals surface area contributed by atoms with Crippen molar-refractivity contribution in [2.75, 3.05) is 37.6 Å². The summed E-state index contributed by atoms with van der Waals surface area (Å²) < 4.78 is 0. The van der Waals surface area contributed by atoms with E-state index in [4.69, 9.17) is 6.42 Å². The van der Waals surface area contributed by atoms with Crippen LogP contribution in [0.3, 0.4) is 0 Å². The minimum atomic E-state index is 0.847. The molecule has 0 atom stereocenters. The lowest BCUT2D eigenvalue weighted by Gasteiger charge is -2.33. The Kier molecular flexibility index (Phi) is 4.97. The smallest absolute Gasteiger partial charge is 0.208 e. The SMILES string of the molecule is C#CCCN1CCN(c2nnc(CCC)s2)CC1. The number of terminal acetylenes is 1. The van der Waals surface area contributed by atoms with Gasteiger partial charge in [-0.25, -0.2) is 0 Å². The number of nitrogens with zero attached hydrogens (tertiary/aromatic N) is 4. The zero-order valence-corrected chi connectivity index (χ0v) is 11.7. The molecule has 1 aliphatic heterocycles. The molecule has 0 N–H and O–H groups in total. The quantitative estimate of drug-likeness (QED) is 0.757. The zero-order chi connectivity index (χ0) is 12.8. The lowest BCUT2D eigenvalue weighted by molar-refractivity contribution is 0.263. The van der Waals surface area contributed by atoms with Crippen LogP contribution in [0.1, 0.15) is 24.8 Å². The predicted octanol–water partition coefficient (Wildman–Crippen LogP) is 1.64. The van der Waals surface area contributed by atoms with Crippen LogP contribution in [0.5, 0.6) is 0 Å². The van der Waals surface area contributed by atoms with Crippen molar-refractivity contribution in [1.29, 1.82) is 0 Å². The molecule has 18 heavy (non-hydrogen) atoms. The number of aryl methyl sites for hydroxylation is 1. The molecule has 1 saturated heterocycles. The minimum absolute atomic E-state index is 0.847. The van der Waals surface area contributed by atoms with E-state index >= 15 is 0 Å². The molecule has 0 radical (unpaired) electrons. The van der Waals surface area contributed by atoms with Gasteiger partial charge in [-0.15, -0.1) is 22.5 Å². The van der Waals surface area contributed by atoms with Crippen molar-refractivity contribution < 1.29 is 0 Å². The van der Waals surface area contributed by atoms with Gasteiger partial charge in [-0.3, -0.25) is 4.90 Å². The third-order valence-corrected chi connectivity index (χ3v) is 4.18. The summed E-state index contributed by atoms with van der Waals surface area (Å²) in [4.78, 5) is 4.76. The van der Waals surface area contributed by atoms with E-state index in [1.54, 1.807) is 11.3 Å². The van der Waals surface area contributed by atoms with E-state index in [0.29, 0.717) is 0 Å². The van der Waals surface area contributed by atoms with E-state index in [-0.39, 0.29) is 0 Å². The number of rotatable bonds is 5. The van der Waals surface area contributed by atoms with Crippen LogP contribution in [0, 0.1) is 12.3 Å². The molecule has 2 heterocycles. The summed E-state index contributed by atoms with van der Waals surface area (Å²) in [5, 5.41) is 10.8. The van der Waals surface area contributed by atoms with Crippen LogP contribution in [0.4, 0.5) is 5.13 Å². The molecule has 0 aliphatic carbocycles.